The summed E-state index contributed by atoms with van der Waals surface area (Å²) in [5, 5.41) is 13.8. The molecule has 0 unspecified atom stereocenters. The molecule has 2 aromatic heterocycles. The second-order valence-electron chi connectivity index (χ2n) is 6.07. The predicted octanol–water partition coefficient (Wildman–Crippen LogP) is 4.21. The fourth-order valence-electron chi connectivity index (χ4n) is 3.46. The first-order valence-electron chi connectivity index (χ1n) is 8.17. The molecule has 5 aromatic rings. The summed E-state index contributed by atoms with van der Waals surface area (Å²) < 4.78 is 4.88. The van der Waals surface area contributed by atoms with Gasteiger partial charge in [0.25, 0.3) is 6.33 Å². The van der Waals surface area contributed by atoms with Crippen molar-refractivity contribution in [3.05, 3.63) is 96.7 Å². The summed E-state index contributed by atoms with van der Waals surface area (Å²) in [6.07, 6.45) is 4.75. The van der Waals surface area contributed by atoms with E-state index in [0.717, 1.165) is 16.1 Å². The Bertz CT molecular complexity index is 1150. The van der Waals surface area contributed by atoms with Gasteiger partial charge in [-0.1, -0.05) is 36.4 Å². The molecule has 0 aliphatic rings. The van der Waals surface area contributed by atoms with Crippen molar-refractivity contribution in [1.82, 2.24) is 9.13 Å². The van der Waals surface area contributed by atoms with Crippen LogP contribution < -0.4 is 4.73 Å². The number of aromatic nitrogens is 3. The summed E-state index contributed by atoms with van der Waals surface area (Å²) in [5.41, 5.74) is 4.44. The summed E-state index contributed by atoms with van der Waals surface area (Å²) >= 11 is 0. The van der Waals surface area contributed by atoms with Crippen molar-refractivity contribution in [2.45, 2.75) is 0 Å². The molecule has 4 heteroatoms. The maximum Gasteiger partial charge on any atom is 0.252 e. The van der Waals surface area contributed by atoms with Crippen LogP contribution in [0, 0.1) is 5.21 Å². The van der Waals surface area contributed by atoms with E-state index in [1.54, 1.807) is 6.20 Å². The Kier molecular flexibility index (Phi) is 2.91. The van der Waals surface area contributed by atoms with Crippen LogP contribution in [-0.4, -0.2) is 9.13 Å². The molecule has 0 saturated heterocycles. The average Bonchev–Trinajstić information content (AvgIpc) is 3.23. The lowest BCUT2D eigenvalue weighted by atomic mass is 10.2. The molecular weight excluding hydrogens is 310 g/mol. The van der Waals surface area contributed by atoms with Gasteiger partial charge < -0.3 is 9.77 Å². The predicted molar refractivity (Wildman–Crippen MR) is 99.1 cm³/mol. The minimum Gasteiger partial charge on any atom is -0.711 e. The molecular formula is C21H15N3O. The fourth-order valence-corrected chi connectivity index (χ4v) is 3.46. The molecule has 0 aliphatic carbocycles. The maximum absolute atomic E-state index is 11.3. The van der Waals surface area contributed by atoms with E-state index in [9.17, 15) is 5.21 Å². The lowest BCUT2D eigenvalue weighted by Gasteiger charge is -2.08. The number of hydrogen-bond acceptors (Lipinski definition) is 1. The van der Waals surface area contributed by atoms with Gasteiger partial charge in [0.1, 0.15) is 18.1 Å². The van der Waals surface area contributed by atoms with Crippen molar-refractivity contribution < 1.29 is 4.73 Å². The van der Waals surface area contributed by atoms with Crippen LogP contribution in [0.25, 0.3) is 33.2 Å². The Hall–Kier alpha value is -3.53. The Morgan fingerprint density at radius 2 is 1.24 bits per heavy atom. The van der Waals surface area contributed by atoms with Gasteiger partial charge in [-0.3, -0.25) is 0 Å². The number of para-hydroxylation sites is 2. The number of benzene rings is 3. The summed E-state index contributed by atoms with van der Waals surface area (Å²) in [7, 11) is 0. The molecule has 0 bridgehead atoms. The third-order valence-electron chi connectivity index (χ3n) is 4.60. The SMILES string of the molecule is [O-][n+]1ccn(-c2ccc(-n3c4ccccc4c4ccccc43)cc2)c1. The van der Waals surface area contributed by atoms with Crippen LogP contribution in [0.2, 0.25) is 0 Å². The van der Waals surface area contributed by atoms with Crippen molar-refractivity contribution in [3.8, 4) is 11.4 Å². The number of fused-ring (bicyclic) bond motifs is 3. The van der Waals surface area contributed by atoms with Gasteiger partial charge in [-0.2, -0.15) is 0 Å². The minimum absolute atomic E-state index is 0.793. The lowest BCUT2D eigenvalue weighted by Crippen LogP contribution is -2.21. The summed E-state index contributed by atoms with van der Waals surface area (Å²) in [4.78, 5) is 0. The molecule has 4 nitrogen and oxygen atoms in total. The lowest BCUT2D eigenvalue weighted by molar-refractivity contribution is -0.604. The highest BCUT2D eigenvalue weighted by atomic mass is 16.5. The standard InChI is InChI=1S/C21H15N3O/c25-23-14-13-22(15-23)16-9-11-17(12-10-16)24-20-7-3-1-5-18(20)19-6-2-4-8-21(19)24/h1-15H. The molecule has 0 N–H and O–H groups in total. The van der Waals surface area contributed by atoms with Crippen LogP contribution in [0.1, 0.15) is 0 Å². The van der Waals surface area contributed by atoms with Crippen LogP contribution in [0.3, 0.4) is 0 Å². The van der Waals surface area contributed by atoms with Gasteiger partial charge >= 0.3 is 0 Å². The van der Waals surface area contributed by atoms with Crippen LogP contribution in [0.4, 0.5) is 0 Å². The van der Waals surface area contributed by atoms with Crippen molar-refractivity contribution in [2.24, 2.45) is 0 Å². The molecule has 0 saturated carbocycles. The maximum atomic E-state index is 11.3. The Morgan fingerprint density at radius 1 is 0.680 bits per heavy atom. The zero-order chi connectivity index (χ0) is 16.8. The highest BCUT2D eigenvalue weighted by Crippen LogP contribution is 2.31. The first-order chi connectivity index (χ1) is 12.3. The largest absolute Gasteiger partial charge is 0.711 e. The van der Waals surface area contributed by atoms with Crippen LogP contribution in [0.15, 0.2) is 91.5 Å². The van der Waals surface area contributed by atoms with Crippen molar-refractivity contribution >= 4 is 21.8 Å². The second kappa shape index (κ2) is 5.24. The van der Waals surface area contributed by atoms with E-state index in [2.05, 4.69) is 65.2 Å². The van der Waals surface area contributed by atoms with E-state index in [-0.39, 0.29) is 0 Å². The molecule has 2 heterocycles. The monoisotopic (exact) mass is 325 g/mol. The Labute approximate surface area is 144 Å². The van der Waals surface area contributed by atoms with E-state index in [4.69, 9.17) is 0 Å². The smallest absolute Gasteiger partial charge is 0.252 e. The van der Waals surface area contributed by atoms with E-state index in [0.29, 0.717) is 0 Å². The molecule has 0 radical (unpaired) electrons. The fraction of sp³-hybridized carbons (Fsp3) is 0. The quantitative estimate of drug-likeness (QED) is 0.354. The molecule has 0 amide bonds. The summed E-state index contributed by atoms with van der Waals surface area (Å²) in [5.74, 6) is 0. The number of rotatable bonds is 2. The Balaban J connectivity index is 1.72. The zero-order valence-corrected chi connectivity index (χ0v) is 13.4. The number of hydrogen-bond donors (Lipinski definition) is 0. The van der Waals surface area contributed by atoms with Crippen molar-refractivity contribution in [3.63, 3.8) is 0 Å². The topological polar surface area (TPSA) is 36.8 Å². The minimum atomic E-state index is 0.793. The van der Waals surface area contributed by atoms with E-state index in [1.165, 1.54) is 34.3 Å². The summed E-state index contributed by atoms with van der Waals surface area (Å²) in [6.45, 7) is 0. The molecule has 3 aromatic carbocycles. The molecule has 5 rings (SSSR count). The van der Waals surface area contributed by atoms with Gasteiger partial charge in [0.15, 0.2) is 0 Å². The molecule has 0 atom stereocenters. The third kappa shape index (κ3) is 2.11. The Morgan fingerprint density at radius 3 is 1.80 bits per heavy atom. The van der Waals surface area contributed by atoms with Crippen molar-refractivity contribution in [1.29, 1.82) is 0 Å². The second-order valence-corrected chi connectivity index (χ2v) is 6.07. The van der Waals surface area contributed by atoms with E-state index < -0.39 is 0 Å². The highest BCUT2D eigenvalue weighted by molar-refractivity contribution is 6.09. The highest BCUT2D eigenvalue weighted by Gasteiger charge is 2.11. The first-order valence-corrected chi connectivity index (χ1v) is 8.17. The van der Waals surface area contributed by atoms with Crippen LogP contribution >= 0.6 is 0 Å². The van der Waals surface area contributed by atoms with E-state index >= 15 is 0 Å². The van der Waals surface area contributed by atoms with Crippen molar-refractivity contribution in [2.75, 3.05) is 0 Å². The molecule has 0 spiro atoms. The first kappa shape index (κ1) is 13.9. The van der Waals surface area contributed by atoms with Gasteiger partial charge in [0.2, 0.25) is 0 Å². The number of nitrogens with zero attached hydrogens (tertiary/aromatic N) is 3. The average molecular weight is 325 g/mol. The van der Waals surface area contributed by atoms with E-state index in [1.807, 2.05) is 16.7 Å². The van der Waals surface area contributed by atoms with Crippen LogP contribution in [0.5, 0.6) is 0 Å². The van der Waals surface area contributed by atoms with Gasteiger partial charge in [0.05, 0.1) is 11.0 Å². The molecule has 0 aliphatic heterocycles. The van der Waals surface area contributed by atoms with Gasteiger partial charge in [-0.25, -0.2) is 9.30 Å². The van der Waals surface area contributed by atoms with Gasteiger partial charge in [-0.05, 0) is 36.4 Å². The third-order valence-corrected chi connectivity index (χ3v) is 4.60. The zero-order valence-electron chi connectivity index (χ0n) is 13.4. The number of imidazole rings is 1. The molecule has 25 heavy (non-hydrogen) atoms. The van der Waals surface area contributed by atoms with Crippen LogP contribution in [-0.2, 0) is 0 Å². The van der Waals surface area contributed by atoms with Gasteiger partial charge in [-0.15, -0.1) is 0 Å². The molecule has 120 valence electrons. The normalized spacial score (nSPS) is 11.4. The summed E-state index contributed by atoms with van der Waals surface area (Å²) in [6, 6.07) is 25.1. The molecule has 0 fully saturated rings. The van der Waals surface area contributed by atoms with Gasteiger partial charge in [0, 0.05) is 16.5 Å².